The van der Waals surface area contributed by atoms with Gasteiger partial charge in [0.15, 0.2) is 0 Å². The Hall–Kier alpha value is -1.48. The van der Waals surface area contributed by atoms with Crippen LogP contribution in [0.25, 0.3) is 10.8 Å². The highest BCUT2D eigenvalue weighted by Crippen LogP contribution is 2.24. The summed E-state index contributed by atoms with van der Waals surface area (Å²) in [5.74, 6) is 0.656. The number of rotatable bonds is 2. The summed E-state index contributed by atoms with van der Waals surface area (Å²) in [5, 5.41) is 10.9. The Kier molecular flexibility index (Phi) is 2.42. The number of hydrogen-bond acceptors (Lipinski definition) is 2. The third kappa shape index (κ3) is 1.59. The first kappa shape index (κ1) is 9.09. The zero-order chi connectivity index (χ0) is 9.97. The lowest BCUT2D eigenvalue weighted by atomic mass is 10.1. The van der Waals surface area contributed by atoms with Gasteiger partial charge in [0.25, 0.3) is 0 Å². The van der Waals surface area contributed by atoms with Crippen LogP contribution in [0, 0.1) is 6.92 Å². The Balaban J connectivity index is 2.60. The zero-order valence-corrected chi connectivity index (χ0v) is 7.90. The van der Waals surface area contributed by atoms with Crippen LogP contribution in [0.4, 0.5) is 0 Å². The molecule has 0 atom stereocenters. The lowest BCUT2D eigenvalue weighted by molar-refractivity contribution is 0.454. The van der Waals surface area contributed by atoms with Crippen LogP contribution in [0.5, 0.6) is 5.75 Å². The van der Waals surface area contributed by atoms with Gasteiger partial charge < -0.3 is 9.68 Å². The van der Waals surface area contributed by atoms with E-state index in [2.05, 4.69) is 6.07 Å². The first-order chi connectivity index (χ1) is 6.81. The molecule has 0 aromatic heterocycles. The van der Waals surface area contributed by atoms with E-state index in [4.69, 9.17) is 9.68 Å². The second-order valence-corrected chi connectivity index (χ2v) is 3.18. The normalized spacial score (nSPS) is 10.1. The van der Waals surface area contributed by atoms with Crippen molar-refractivity contribution in [2.45, 2.75) is 6.92 Å². The predicted molar refractivity (Wildman–Crippen MR) is 57.3 cm³/mol. The topological polar surface area (TPSA) is 29.5 Å². The molecule has 2 nitrogen and oxygen atoms in total. The lowest BCUT2D eigenvalue weighted by Gasteiger charge is -2.06. The van der Waals surface area contributed by atoms with Gasteiger partial charge in [0.05, 0.1) is 0 Å². The van der Waals surface area contributed by atoms with Crippen molar-refractivity contribution in [3.05, 3.63) is 42.0 Å². The molecular formula is C11H10BO2. The fourth-order valence-electron chi connectivity index (χ4n) is 1.60. The molecule has 0 saturated carbocycles. The molecule has 69 valence electrons. The maximum Gasteiger partial charge on any atom is 0.569 e. The Morgan fingerprint density at radius 1 is 1.21 bits per heavy atom. The molecule has 2 aromatic rings. The number of aryl methyl sites for hydroxylation is 1. The molecule has 0 spiro atoms. The molecule has 0 saturated heterocycles. The second-order valence-electron chi connectivity index (χ2n) is 3.18. The average molecular weight is 185 g/mol. The SMILES string of the molecule is Cc1cc(O[B]O)cc2ccccc12. The van der Waals surface area contributed by atoms with Crippen molar-refractivity contribution in [3.8, 4) is 5.75 Å². The van der Waals surface area contributed by atoms with Gasteiger partial charge in [-0.05, 0) is 35.4 Å². The minimum atomic E-state index is 0.656. The summed E-state index contributed by atoms with van der Waals surface area (Å²) in [4.78, 5) is 0. The van der Waals surface area contributed by atoms with Gasteiger partial charge in [-0.25, -0.2) is 0 Å². The van der Waals surface area contributed by atoms with E-state index in [0.717, 1.165) is 10.9 Å². The molecule has 0 bridgehead atoms. The van der Waals surface area contributed by atoms with E-state index < -0.39 is 0 Å². The molecule has 0 heterocycles. The molecule has 0 aliphatic rings. The molecule has 2 aromatic carbocycles. The maximum atomic E-state index is 8.54. The first-order valence-corrected chi connectivity index (χ1v) is 4.43. The van der Waals surface area contributed by atoms with Gasteiger partial charge in [0, 0.05) is 0 Å². The second kappa shape index (κ2) is 3.72. The number of hydrogen-bond donors (Lipinski definition) is 1. The van der Waals surface area contributed by atoms with Crippen molar-refractivity contribution in [1.29, 1.82) is 0 Å². The molecule has 3 heteroatoms. The summed E-state index contributed by atoms with van der Waals surface area (Å²) < 4.78 is 4.93. The summed E-state index contributed by atoms with van der Waals surface area (Å²) in [7, 11) is 0.698. The van der Waals surface area contributed by atoms with Gasteiger partial charge in [0.1, 0.15) is 5.75 Å². The lowest BCUT2D eigenvalue weighted by Crippen LogP contribution is -1.99. The van der Waals surface area contributed by atoms with Gasteiger partial charge >= 0.3 is 7.69 Å². The van der Waals surface area contributed by atoms with Gasteiger partial charge in [-0.2, -0.15) is 0 Å². The smallest absolute Gasteiger partial charge is 0.537 e. The summed E-state index contributed by atoms with van der Waals surface area (Å²) in [6.07, 6.45) is 0. The van der Waals surface area contributed by atoms with Crippen LogP contribution in [0.3, 0.4) is 0 Å². The standard InChI is InChI=1S/C11H10BO2/c1-8-6-10(14-12-13)7-9-4-2-3-5-11(8)9/h2-7,13H,1H3. The van der Waals surface area contributed by atoms with Crippen LogP contribution in [-0.2, 0) is 0 Å². The number of fused-ring (bicyclic) bond motifs is 1. The van der Waals surface area contributed by atoms with Crippen LogP contribution in [0.1, 0.15) is 5.56 Å². The Bertz CT molecular complexity index is 454. The molecule has 2 rings (SSSR count). The molecule has 0 aliphatic heterocycles. The molecule has 0 fully saturated rings. The van der Waals surface area contributed by atoms with Gasteiger partial charge in [-0.15, -0.1) is 0 Å². The van der Waals surface area contributed by atoms with Crippen LogP contribution in [-0.4, -0.2) is 12.7 Å². The highest BCUT2D eigenvalue weighted by molar-refractivity contribution is 6.17. The summed E-state index contributed by atoms with van der Waals surface area (Å²) in [6, 6.07) is 11.9. The molecular weight excluding hydrogens is 175 g/mol. The highest BCUT2D eigenvalue weighted by Gasteiger charge is 2.00. The molecule has 1 N–H and O–H groups in total. The predicted octanol–water partition coefficient (Wildman–Crippen LogP) is 2.05. The zero-order valence-electron chi connectivity index (χ0n) is 7.90. The van der Waals surface area contributed by atoms with Crippen LogP contribution in [0.2, 0.25) is 0 Å². The molecule has 0 amide bonds. The van der Waals surface area contributed by atoms with E-state index in [0.29, 0.717) is 13.4 Å². The van der Waals surface area contributed by atoms with Crippen molar-refractivity contribution in [2.24, 2.45) is 0 Å². The third-order valence-electron chi connectivity index (χ3n) is 2.23. The summed E-state index contributed by atoms with van der Waals surface area (Å²) >= 11 is 0. The Morgan fingerprint density at radius 3 is 2.79 bits per heavy atom. The van der Waals surface area contributed by atoms with Crippen molar-refractivity contribution in [1.82, 2.24) is 0 Å². The quantitative estimate of drug-likeness (QED) is 0.725. The van der Waals surface area contributed by atoms with Crippen molar-refractivity contribution in [3.63, 3.8) is 0 Å². The van der Waals surface area contributed by atoms with E-state index >= 15 is 0 Å². The third-order valence-corrected chi connectivity index (χ3v) is 2.23. The molecule has 0 unspecified atom stereocenters. The van der Waals surface area contributed by atoms with E-state index in [1.807, 2.05) is 37.3 Å². The number of benzene rings is 2. The Labute approximate surface area is 83.4 Å². The largest absolute Gasteiger partial charge is 0.569 e. The highest BCUT2D eigenvalue weighted by atomic mass is 16.5. The summed E-state index contributed by atoms with van der Waals surface area (Å²) in [6.45, 7) is 2.02. The van der Waals surface area contributed by atoms with E-state index in [9.17, 15) is 0 Å². The Morgan fingerprint density at radius 2 is 2.00 bits per heavy atom. The monoisotopic (exact) mass is 185 g/mol. The van der Waals surface area contributed by atoms with E-state index in [1.165, 1.54) is 5.39 Å². The molecule has 0 aliphatic carbocycles. The first-order valence-electron chi connectivity index (χ1n) is 4.43. The van der Waals surface area contributed by atoms with Crippen molar-refractivity contribution < 1.29 is 9.68 Å². The van der Waals surface area contributed by atoms with Crippen molar-refractivity contribution >= 4 is 18.5 Å². The van der Waals surface area contributed by atoms with E-state index in [1.54, 1.807) is 0 Å². The maximum absolute atomic E-state index is 8.54. The van der Waals surface area contributed by atoms with E-state index in [-0.39, 0.29) is 0 Å². The van der Waals surface area contributed by atoms with Crippen LogP contribution >= 0.6 is 0 Å². The average Bonchev–Trinajstić information content (AvgIpc) is 2.18. The molecule has 1 radical (unpaired) electrons. The minimum Gasteiger partial charge on any atom is -0.537 e. The fraction of sp³-hybridized carbons (Fsp3) is 0.0909. The molecule has 14 heavy (non-hydrogen) atoms. The van der Waals surface area contributed by atoms with Crippen LogP contribution in [0.15, 0.2) is 36.4 Å². The van der Waals surface area contributed by atoms with Gasteiger partial charge in [0.2, 0.25) is 0 Å². The summed E-state index contributed by atoms with van der Waals surface area (Å²) in [5.41, 5.74) is 1.14. The van der Waals surface area contributed by atoms with Crippen molar-refractivity contribution in [2.75, 3.05) is 0 Å². The van der Waals surface area contributed by atoms with Gasteiger partial charge in [-0.1, -0.05) is 24.3 Å². The van der Waals surface area contributed by atoms with Gasteiger partial charge in [-0.3, -0.25) is 0 Å². The minimum absolute atomic E-state index is 0.656. The fourth-order valence-corrected chi connectivity index (χ4v) is 1.60. The van der Waals surface area contributed by atoms with Crippen LogP contribution < -0.4 is 4.65 Å².